The Morgan fingerprint density at radius 3 is 1.46 bits per heavy atom. The quantitative estimate of drug-likeness (QED) is 0.0753. The molecule has 0 bridgehead atoms. The third-order valence-corrected chi connectivity index (χ3v) is 12.7. The number of carbonyl (C=O) groups excluding carboxylic acids is 3. The standard InChI is InChI=1S/C33H48N2O6.C28H40N2O4.ClH/c1-23(2)35(26-16-12-17-34(22-26)32(37)41-33(5,6)7)31(36)28-21-29(39-19-13-18-38-8)30(40-24(3)4)20-27(28)25-14-10-9-11-15-25;1-20(2)30(23-13-9-14-29-19-23)28(31)25-18-26(33-16-10-15-32-5)27(34-21(3)4)17-24(25)22-11-7-6-8-12-22;/h9-11,14-15,20-21,23-24,26H,12-13,16-19,22H2,1-8H3;6-8,11-12,17-18,20-21,23,29H,9-10,13-16,19H2,1-5H3;1H/t26-;23-;/m11./s1. The molecule has 15 heteroatoms. The van der Waals surface area contributed by atoms with Gasteiger partial charge in [-0.2, -0.15) is 0 Å². The van der Waals surface area contributed by atoms with Gasteiger partial charge in [0.1, 0.15) is 5.60 Å². The van der Waals surface area contributed by atoms with E-state index >= 15 is 0 Å². The molecule has 1 N–H and O–H groups in total. The Hall–Kier alpha value is -5.54. The van der Waals surface area contributed by atoms with E-state index in [0.29, 0.717) is 80.1 Å². The second-order valence-electron chi connectivity index (χ2n) is 21.5. The number of nitrogens with one attached hydrogen (secondary N) is 1. The summed E-state index contributed by atoms with van der Waals surface area (Å²) in [4.78, 5) is 47.2. The monoisotopic (exact) mass is 1070 g/mol. The van der Waals surface area contributed by atoms with E-state index in [1.165, 1.54) is 0 Å². The maximum atomic E-state index is 14.5. The number of rotatable bonds is 22. The molecule has 76 heavy (non-hydrogen) atoms. The molecule has 4 aromatic rings. The normalized spacial score (nSPS) is 15.6. The highest BCUT2D eigenvalue weighted by Crippen LogP contribution is 2.40. The van der Waals surface area contributed by atoms with Gasteiger partial charge in [0.05, 0.1) is 42.6 Å². The smallest absolute Gasteiger partial charge is 0.410 e. The van der Waals surface area contributed by atoms with Gasteiger partial charge in [-0.15, -0.1) is 12.4 Å². The molecule has 0 saturated carbocycles. The zero-order chi connectivity index (χ0) is 54.7. The molecule has 0 radical (unpaired) electrons. The molecule has 0 aliphatic carbocycles. The minimum Gasteiger partial charge on any atom is -0.490 e. The second kappa shape index (κ2) is 31.0. The molecule has 0 unspecified atom stereocenters. The first-order valence-corrected chi connectivity index (χ1v) is 27.2. The van der Waals surface area contributed by atoms with Gasteiger partial charge >= 0.3 is 6.09 Å². The fourth-order valence-electron chi connectivity index (χ4n) is 9.54. The van der Waals surface area contributed by atoms with E-state index in [-0.39, 0.29) is 66.7 Å². The number of ether oxygens (including phenoxy) is 7. The third-order valence-electron chi connectivity index (χ3n) is 12.7. The molecule has 420 valence electrons. The number of nitrogens with zero attached hydrogens (tertiary/aromatic N) is 3. The van der Waals surface area contributed by atoms with Crippen LogP contribution >= 0.6 is 12.4 Å². The molecule has 2 aliphatic rings. The summed E-state index contributed by atoms with van der Waals surface area (Å²) >= 11 is 0. The van der Waals surface area contributed by atoms with E-state index in [0.717, 1.165) is 67.4 Å². The van der Waals surface area contributed by atoms with Crippen molar-refractivity contribution in [2.45, 2.75) is 157 Å². The lowest BCUT2D eigenvalue weighted by Gasteiger charge is -2.42. The van der Waals surface area contributed by atoms with Crippen molar-refractivity contribution in [3.05, 3.63) is 96.1 Å². The summed E-state index contributed by atoms with van der Waals surface area (Å²) in [5, 5.41) is 3.45. The largest absolute Gasteiger partial charge is 0.490 e. The molecule has 2 fully saturated rings. The lowest BCUT2D eigenvalue weighted by Crippen LogP contribution is -2.54. The molecule has 4 aromatic carbocycles. The molecule has 2 atom stereocenters. The van der Waals surface area contributed by atoms with E-state index < -0.39 is 5.60 Å². The van der Waals surface area contributed by atoms with Crippen LogP contribution in [0.5, 0.6) is 23.0 Å². The minimum absolute atomic E-state index is 0. The molecule has 0 aromatic heterocycles. The van der Waals surface area contributed by atoms with Gasteiger partial charge in [-0.25, -0.2) is 4.79 Å². The van der Waals surface area contributed by atoms with Crippen LogP contribution < -0.4 is 24.3 Å². The number of methoxy groups -OCH3 is 2. The fourth-order valence-corrected chi connectivity index (χ4v) is 9.54. The van der Waals surface area contributed by atoms with Gasteiger partial charge in [0.2, 0.25) is 0 Å². The van der Waals surface area contributed by atoms with E-state index in [1.807, 2.05) is 157 Å². The van der Waals surface area contributed by atoms with Crippen LogP contribution in [0.25, 0.3) is 22.3 Å². The van der Waals surface area contributed by atoms with Gasteiger partial charge in [0, 0.05) is 78.0 Å². The molecule has 2 aliphatic heterocycles. The summed E-state index contributed by atoms with van der Waals surface area (Å²) in [6.07, 6.45) is 4.70. The summed E-state index contributed by atoms with van der Waals surface area (Å²) in [5.41, 5.74) is 4.14. The molecular weight excluding hydrogens is 984 g/mol. The first-order valence-electron chi connectivity index (χ1n) is 27.2. The van der Waals surface area contributed by atoms with Gasteiger partial charge in [-0.1, -0.05) is 60.7 Å². The Balaban J connectivity index is 0.000000330. The van der Waals surface area contributed by atoms with E-state index in [9.17, 15) is 14.4 Å². The van der Waals surface area contributed by atoms with Gasteiger partial charge in [0.25, 0.3) is 11.8 Å². The highest BCUT2D eigenvalue weighted by Gasteiger charge is 2.36. The SMILES string of the molecule is COCCCOc1cc(C(=O)N(C(C)C)[C@@H]2CCCN(C(=O)OC(C)(C)C)C2)c(-c2ccccc2)cc1OC(C)C.COCCCOc1cc(C(=O)N(C(C)C)[C@@H]2CCCNC2)c(-c2ccccc2)cc1OC(C)C.Cl. The van der Waals surface area contributed by atoms with Crippen LogP contribution in [0.1, 0.15) is 135 Å². The first-order chi connectivity index (χ1) is 35.8. The Bertz CT molecular complexity index is 2390. The minimum atomic E-state index is -0.582. The molecular formula is C61H89ClN4O10. The Morgan fingerprint density at radius 2 is 1.07 bits per heavy atom. The summed E-state index contributed by atoms with van der Waals surface area (Å²) in [7, 11) is 3.34. The number of carbonyl (C=O) groups is 3. The van der Waals surface area contributed by atoms with E-state index in [2.05, 4.69) is 19.2 Å². The van der Waals surface area contributed by atoms with Crippen LogP contribution in [-0.4, -0.2) is 141 Å². The van der Waals surface area contributed by atoms with Crippen molar-refractivity contribution >= 4 is 30.3 Å². The Kier molecular flexibility index (Phi) is 25.7. The predicted octanol–water partition coefficient (Wildman–Crippen LogP) is 12.4. The van der Waals surface area contributed by atoms with Crippen molar-refractivity contribution in [2.24, 2.45) is 0 Å². The summed E-state index contributed by atoms with van der Waals surface area (Å²) in [5.74, 6) is 2.29. The van der Waals surface area contributed by atoms with Crippen molar-refractivity contribution in [2.75, 3.05) is 66.8 Å². The van der Waals surface area contributed by atoms with Crippen molar-refractivity contribution in [3.8, 4) is 45.3 Å². The fraction of sp³-hybridized carbons (Fsp3) is 0.557. The average Bonchev–Trinajstić information content (AvgIpc) is 3.37. The first kappa shape index (κ1) is 63.0. The molecule has 3 amide bonds. The van der Waals surface area contributed by atoms with Gasteiger partial charge in [0.15, 0.2) is 23.0 Å². The molecule has 2 saturated heterocycles. The number of hydrogen-bond acceptors (Lipinski definition) is 11. The summed E-state index contributed by atoms with van der Waals surface area (Å²) in [6, 6.07) is 27.5. The molecule has 6 rings (SSSR count). The van der Waals surface area contributed by atoms with Crippen molar-refractivity contribution in [1.29, 1.82) is 0 Å². The van der Waals surface area contributed by atoms with Crippen molar-refractivity contribution < 1.29 is 47.5 Å². The Morgan fingerprint density at radius 1 is 0.618 bits per heavy atom. The predicted molar refractivity (Wildman–Crippen MR) is 306 cm³/mol. The number of likely N-dealkylation sites (tertiary alicyclic amines) is 1. The third kappa shape index (κ3) is 18.6. The second-order valence-corrected chi connectivity index (χ2v) is 21.5. The number of hydrogen-bond donors (Lipinski definition) is 1. The van der Waals surface area contributed by atoms with Crippen LogP contribution in [0.3, 0.4) is 0 Å². The zero-order valence-electron chi connectivity index (χ0n) is 47.8. The van der Waals surface area contributed by atoms with Gasteiger partial charge in [-0.3, -0.25) is 9.59 Å². The topological polar surface area (TPSA) is 138 Å². The maximum Gasteiger partial charge on any atom is 0.410 e. The number of piperidine rings is 2. The van der Waals surface area contributed by atoms with Gasteiger partial charge < -0.3 is 53.2 Å². The summed E-state index contributed by atoms with van der Waals surface area (Å²) < 4.78 is 40.6. The van der Waals surface area contributed by atoms with Crippen LogP contribution in [0.2, 0.25) is 0 Å². The molecule has 14 nitrogen and oxygen atoms in total. The number of amides is 3. The lowest BCUT2D eigenvalue weighted by molar-refractivity contribution is 0.00752. The molecule has 2 heterocycles. The van der Waals surface area contributed by atoms with Crippen molar-refractivity contribution in [1.82, 2.24) is 20.0 Å². The van der Waals surface area contributed by atoms with Crippen LogP contribution in [0, 0.1) is 0 Å². The highest BCUT2D eigenvalue weighted by atomic mass is 35.5. The lowest BCUT2D eigenvalue weighted by atomic mass is 9.95. The molecule has 0 spiro atoms. The van der Waals surface area contributed by atoms with E-state index in [4.69, 9.17) is 33.2 Å². The van der Waals surface area contributed by atoms with Crippen molar-refractivity contribution in [3.63, 3.8) is 0 Å². The van der Waals surface area contributed by atoms with E-state index in [1.54, 1.807) is 19.1 Å². The van der Waals surface area contributed by atoms with Crippen LogP contribution in [-0.2, 0) is 14.2 Å². The maximum absolute atomic E-state index is 14.5. The van der Waals surface area contributed by atoms with Gasteiger partial charge in [-0.05, 0) is 155 Å². The Labute approximate surface area is 460 Å². The van der Waals surface area contributed by atoms with Crippen LogP contribution in [0.15, 0.2) is 84.9 Å². The van der Waals surface area contributed by atoms with Crippen LogP contribution in [0.4, 0.5) is 4.79 Å². The zero-order valence-corrected chi connectivity index (χ0v) is 48.6. The highest BCUT2D eigenvalue weighted by molar-refractivity contribution is 6.03. The average molecular weight is 1070 g/mol. The number of benzene rings is 4. The summed E-state index contributed by atoms with van der Waals surface area (Å²) in [6.45, 7) is 26.7. The number of halogens is 1.